The average molecular weight is 247 g/mol. The summed E-state index contributed by atoms with van der Waals surface area (Å²) in [6.45, 7) is 3.80. The van der Waals surface area contributed by atoms with Crippen LogP contribution in [-0.4, -0.2) is 22.6 Å². The molecule has 0 saturated carbocycles. The smallest absolute Gasteiger partial charge is 0.328 e. The highest BCUT2D eigenvalue weighted by Gasteiger charge is 2.21. The molecule has 0 radical (unpaired) electrons. The van der Waals surface area contributed by atoms with Crippen molar-refractivity contribution in [2.75, 3.05) is 12.8 Å². The number of nitrogen functional groups attached to an aromatic ring is 1. The fourth-order valence-corrected chi connectivity index (χ4v) is 2.14. The molecule has 18 heavy (non-hydrogen) atoms. The maximum atomic E-state index is 11.7. The van der Waals surface area contributed by atoms with Crippen LogP contribution in [0.5, 0.6) is 0 Å². The lowest BCUT2D eigenvalue weighted by atomic mass is 10.2. The van der Waals surface area contributed by atoms with Gasteiger partial charge in [-0.25, -0.2) is 9.78 Å². The first-order valence-electron chi connectivity index (χ1n) is 5.93. The molecule has 5 nitrogen and oxygen atoms in total. The lowest BCUT2D eigenvalue weighted by Gasteiger charge is -2.14. The third-order valence-electron chi connectivity index (χ3n) is 3.07. The highest BCUT2D eigenvalue weighted by atomic mass is 16.5. The predicted octanol–water partition coefficient (Wildman–Crippen LogP) is 1.91. The van der Waals surface area contributed by atoms with Crippen LogP contribution in [-0.2, 0) is 16.0 Å². The van der Waals surface area contributed by atoms with E-state index in [1.54, 1.807) is 6.92 Å². The first kappa shape index (κ1) is 12.4. The zero-order valence-corrected chi connectivity index (χ0v) is 10.8. The van der Waals surface area contributed by atoms with E-state index in [4.69, 9.17) is 10.5 Å². The number of nitrogens with two attached hydrogens (primary N) is 1. The maximum Gasteiger partial charge on any atom is 0.328 e. The summed E-state index contributed by atoms with van der Waals surface area (Å²) in [6, 6.07) is 5.18. The Morgan fingerprint density at radius 2 is 2.28 bits per heavy atom. The van der Waals surface area contributed by atoms with Crippen LogP contribution in [0, 0.1) is 0 Å². The van der Waals surface area contributed by atoms with E-state index in [0.717, 1.165) is 23.3 Å². The molecule has 1 unspecified atom stereocenters. The van der Waals surface area contributed by atoms with Crippen LogP contribution in [0.25, 0.3) is 11.0 Å². The molecule has 0 fully saturated rings. The van der Waals surface area contributed by atoms with Gasteiger partial charge in [0.15, 0.2) is 0 Å². The van der Waals surface area contributed by atoms with Gasteiger partial charge in [-0.05, 0) is 19.1 Å². The quantitative estimate of drug-likeness (QED) is 0.664. The van der Waals surface area contributed by atoms with Gasteiger partial charge >= 0.3 is 5.97 Å². The van der Waals surface area contributed by atoms with Crippen LogP contribution in [0.15, 0.2) is 18.2 Å². The molecule has 0 saturated heterocycles. The molecule has 0 aliphatic rings. The first-order chi connectivity index (χ1) is 8.60. The van der Waals surface area contributed by atoms with Gasteiger partial charge in [0.1, 0.15) is 17.4 Å². The molecule has 1 aromatic heterocycles. The Labute approximate surface area is 106 Å². The van der Waals surface area contributed by atoms with Crippen LogP contribution in [0.1, 0.15) is 25.7 Å². The summed E-state index contributed by atoms with van der Waals surface area (Å²) >= 11 is 0. The van der Waals surface area contributed by atoms with Crippen molar-refractivity contribution in [2.24, 2.45) is 0 Å². The summed E-state index contributed by atoms with van der Waals surface area (Å²) in [5.41, 5.74) is 8.14. The normalized spacial score (nSPS) is 12.6. The van der Waals surface area contributed by atoms with E-state index in [-0.39, 0.29) is 5.97 Å². The van der Waals surface area contributed by atoms with Crippen LogP contribution in [0.2, 0.25) is 0 Å². The number of fused-ring (bicyclic) bond motifs is 1. The van der Waals surface area contributed by atoms with Gasteiger partial charge in [-0.2, -0.15) is 0 Å². The molecule has 2 aromatic rings. The molecule has 0 aliphatic carbocycles. The van der Waals surface area contributed by atoms with Gasteiger partial charge in [0.2, 0.25) is 0 Å². The van der Waals surface area contributed by atoms with Crippen molar-refractivity contribution in [1.82, 2.24) is 9.55 Å². The average Bonchev–Trinajstić information content (AvgIpc) is 2.76. The number of anilines is 1. The second kappa shape index (κ2) is 4.68. The number of methoxy groups -OCH3 is 1. The fraction of sp³-hybridized carbons (Fsp3) is 0.385. The van der Waals surface area contributed by atoms with Crippen molar-refractivity contribution in [3.05, 3.63) is 24.0 Å². The summed E-state index contributed by atoms with van der Waals surface area (Å²) in [4.78, 5) is 16.2. The molecule has 1 atom stereocenters. The van der Waals surface area contributed by atoms with Crippen molar-refractivity contribution in [1.29, 1.82) is 0 Å². The third-order valence-corrected chi connectivity index (χ3v) is 3.07. The van der Waals surface area contributed by atoms with Crippen molar-refractivity contribution in [3.8, 4) is 0 Å². The lowest BCUT2D eigenvalue weighted by molar-refractivity contribution is -0.143. The van der Waals surface area contributed by atoms with Crippen molar-refractivity contribution in [3.63, 3.8) is 0 Å². The van der Waals surface area contributed by atoms with Gasteiger partial charge < -0.3 is 15.0 Å². The number of nitrogens with zero attached hydrogens (tertiary/aromatic N) is 2. The number of esters is 1. The van der Waals surface area contributed by atoms with E-state index in [9.17, 15) is 4.79 Å². The van der Waals surface area contributed by atoms with Gasteiger partial charge in [-0.15, -0.1) is 0 Å². The summed E-state index contributed by atoms with van der Waals surface area (Å²) < 4.78 is 6.68. The third kappa shape index (κ3) is 1.81. The summed E-state index contributed by atoms with van der Waals surface area (Å²) in [5, 5.41) is 0. The lowest BCUT2D eigenvalue weighted by Crippen LogP contribution is -2.19. The van der Waals surface area contributed by atoms with Crippen molar-refractivity contribution >= 4 is 22.7 Å². The van der Waals surface area contributed by atoms with E-state index in [2.05, 4.69) is 4.98 Å². The number of ether oxygens (including phenoxy) is 1. The molecule has 0 amide bonds. The monoisotopic (exact) mass is 247 g/mol. The van der Waals surface area contributed by atoms with Gasteiger partial charge in [0, 0.05) is 6.42 Å². The predicted molar refractivity (Wildman–Crippen MR) is 70.3 cm³/mol. The Kier molecular flexibility index (Phi) is 3.23. The Morgan fingerprint density at radius 1 is 1.56 bits per heavy atom. The Bertz CT molecular complexity index is 589. The standard InChI is InChI=1S/C13H17N3O2/c1-4-11-15-12-9(14)6-5-7-10(12)16(11)8(2)13(17)18-3/h5-8H,4,14H2,1-3H3. The number of rotatable bonds is 3. The molecular weight excluding hydrogens is 230 g/mol. The van der Waals surface area contributed by atoms with Crippen LogP contribution < -0.4 is 5.73 Å². The number of hydrogen-bond acceptors (Lipinski definition) is 4. The molecule has 1 aromatic carbocycles. The first-order valence-corrected chi connectivity index (χ1v) is 5.93. The minimum Gasteiger partial charge on any atom is -0.467 e. The maximum absolute atomic E-state index is 11.7. The van der Waals surface area contributed by atoms with Crippen LogP contribution >= 0.6 is 0 Å². The molecule has 0 bridgehead atoms. The number of hydrogen-bond donors (Lipinski definition) is 1. The number of aryl methyl sites for hydroxylation is 1. The summed E-state index contributed by atoms with van der Waals surface area (Å²) in [7, 11) is 1.39. The molecular formula is C13H17N3O2. The number of benzene rings is 1. The summed E-state index contributed by atoms with van der Waals surface area (Å²) in [5.74, 6) is 0.548. The van der Waals surface area contributed by atoms with E-state index < -0.39 is 6.04 Å². The summed E-state index contributed by atoms with van der Waals surface area (Å²) in [6.07, 6.45) is 0.732. The molecule has 1 heterocycles. The number of carbonyl (C=O) groups is 1. The van der Waals surface area contributed by atoms with Gasteiger partial charge in [-0.1, -0.05) is 13.0 Å². The molecule has 2 rings (SSSR count). The molecule has 0 aliphatic heterocycles. The van der Waals surface area contributed by atoms with E-state index in [1.807, 2.05) is 29.7 Å². The highest BCUT2D eigenvalue weighted by molar-refractivity contribution is 5.89. The van der Waals surface area contributed by atoms with Crippen molar-refractivity contribution < 1.29 is 9.53 Å². The number of imidazole rings is 1. The zero-order chi connectivity index (χ0) is 13.3. The second-order valence-electron chi connectivity index (χ2n) is 4.17. The van der Waals surface area contributed by atoms with Gasteiger partial charge in [0.25, 0.3) is 0 Å². The number of para-hydroxylation sites is 1. The second-order valence-corrected chi connectivity index (χ2v) is 4.17. The van der Waals surface area contributed by atoms with Crippen LogP contribution in [0.4, 0.5) is 5.69 Å². The SMILES string of the molecule is CCc1nc2c(N)cccc2n1C(C)C(=O)OC. The topological polar surface area (TPSA) is 70.1 Å². The Morgan fingerprint density at radius 3 is 2.89 bits per heavy atom. The van der Waals surface area contributed by atoms with E-state index in [0.29, 0.717) is 5.69 Å². The largest absolute Gasteiger partial charge is 0.467 e. The zero-order valence-electron chi connectivity index (χ0n) is 10.8. The highest BCUT2D eigenvalue weighted by Crippen LogP contribution is 2.26. The number of carbonyl (C=O) groups excluding carboxylic acids is 1. The van der Waals surface area contributed by atoms with Crippen LogP contribution in [0.3, 0.4) is 0 Å². The Balaban J connectivity index is 2.68. The number of aromatic nitrogens is 2. The fourth-order valence-electron chi connectivity index (χ4n) is 2.14. The molecule has 2 N–H and O–H groups in total. The van der Waals surface area contributed by atoms with Gasteiger partial charge in [-0.3, -0.25) is 0 Å². The minimum absolute atomic E-state index is 0.286. The molecule has 96 valence electrons. The Hall–Kier alpha value is -2.04. The van der Waals surface area contributed by atoms with E-state index in [1.165, 1.54) is 7.11 Å². The minimum atomic E-state index is -0.406. The molecule has 5 heteroatoms. The van der Waals surface area contributed by atoms with Gasteiger partial charge in [0.05, 0.1) is 18.3 Å². The molecule has 0 spiro atoms. The van der Waals surface area contributed by atoms with E-state index >= 15 is 0 Å². The van der Waals surface area contributed by atoms with Crippen molar-refractivity contribution in [2.45, 2.75) is 26.3 Å².